The molecule has 2 N–H and O–H groups in total. The van der Waals surface area contributed by atoms with E-state index < -0.39 is 0 Å². The lowest BCUT2D eigenvalue weighted by atomic mass is 10.1. The highest BCUT2D eigenvalue weighted by atomic mass is 16.1. The summed E-state index contributed by atoms with van der Waals surface area (Å²) in [5.74, 6) is 0.282. The van der Waals surface area contributed by atoms with Crippen molar-refractivity contribution in [3.05, 3.63) is 64.1 Å². The molecule has 1 aromatic heterocycles. The van der Waals surface area contributed by atoms with Gasteiger partial charge in [0, 0.05) is 23.5 Å². The summed E-state index contributed by atoms with van der Waals surface area (Å²) in [6.07, 6.45) is 0. The Morgan fingerprint density at radius 1 is 1.11 bits per heavy atom. The van der Waals surface area contributed by atoms with Gasteiger partial charge in [-0.3, -0.25) is 9.36 Å². The average Bonchev–Trinajstić information content (AvgIpc) is 2.39. The standard InChI is InChI=1S/C15H18N2O/c1-11(2)14-9-8-12(10-16)15(18)17(14)13-6-4-3-5-7-13/h3-9,11H,10,16H2,1-2H3. The molecule has 2 aromatic rings. The van der Waals surface area contributed by atoms with Gasteiger partial charge in [-0.25, -0.2) is 0 Å². The minimum absolute atomic E-state index is 0.0186. The van der Waals surface area contributed by atoms with Gasteiger partial charge in [0.2, 0.25) is 0 Å². The van der Waals surface area contributed by atoms with E-state index in [0.717, 1.165) is 11.4 Å². The number of hydrogen-bond acceptors (Lipinski definition) is 2. The first kappa shape index (κ1) is 12.6. The second-order valence-corrected chi connectivity index (χ2v) is 4.62. The van der Waals surface area contributed by atoms with E-state index in [4.69, 9.17) is 5.73 Å². The summed E-state index contributed by atoms with van der Waals surface area (Å²) in [4.78, 5) is 12.4. The SMILES string of the molecule is CC(C)c1ccc(CN)c(=O)n1-c1ccccc1. The van der Waals surface area contributed by atoms with Crippen LogP contribution in [0.4, 0.5) is 0 Å². The van der Waals surface area contributed by atoms with Crippen LogP contribution in [0.15, 0.2) is 47.3 Å². The van der Waals surface area contributed by atoms with Crippen LogP contribution in [0.2, 0.25) is 0 Å². The number of hydrogen-bond donors (Lipinski definition) is 1. The Kier molecular flexibility index (Phi) is 3.63. The van der Waals surface area contributed by atoms with Crippen LogP contribution in [0.25, 0.3) is 5.69 Å². The Morgan fingerprint density at radius 2 is 1.78 bits per heavy atom. The number of rotatable bonds is 3. The van der Waals surface area contributed by atoms with Crippen molar-refractivity contribution in [2.45, 2.75) is 26.3 Å². The van der Waals surface area contributed by atoms with Gasteiger partial charge in [0.15, 0.2) is 0 Å². The normalized spacial score (nSPS) is 10.9. The van der Waals surface area contributed by atoms with Crippen molar-refractivity contribution >= 4 is 0 Å². The molecule has 0 radical (unpaired) electrons. The molecule has 3 heteroatoms. The van der Waals surface area contributed by atoms with Crippen molar-refractivity contribution < 1.29 is 0 Å². The molecule has 0 bridgehead atoms. The minimum Gasteiger partial charge on any atom is -0.326 e. The van der Waals surface area contributed by atoms with Crippen LogP contribution in [0, 0.1) is 0 Å². The van der Waals surface area contributed by atoms with Crippen LogP contribution in [0.1, 0.15) is 31.0 Å². The third kappa shape index (κ3) is 2.22. The zero-order chi connectivity index (χ0) is 13.1. The summed E-state index contributed by atoms with van der Waals surface area (Å²) in [7, 11) is 0. The van der Waals surface area contributed by atoms with Crippen LogP contribution in [-0.2, 0) is 6.54 Å². The van der Waals surface area contributed by atoms with Crippen molar-refractivity contribution in [2.75, 3.05) is 0 Å². The monoisotopic (exact) mass is 242 g/mol. The Hall–Kier alpha value is -1.87. The number of nitrogens with two attached hydrogens (primary N) is 1. The molecule has 0 aliphatic rings. The first-order valence-electron chi connectivity index (χ1n) is 6.15. The first-order valence-corrected chi connectivity index (χ1v) is 6.15. The van der Waals surface area contributed by atoms with E-state index in [1.807, 2.05) is 42.5 Å². The third-order valence-electron chi connectivity index (χ3n) is 3.02. The van der Waals surface area contributed by atoms with Crippen LogP contribution >= 0.6 is 0 Å². The maximum atomic E-state index is 12.4. The second kappa shape index (κ2) is 5.19. The van der Waals surface area contributed by atoms with Crippen molar-refractivity contribution in [1.82, 2.24) is 4.57 Å². The molecule has 0 aliphatic heterocycles. The summed E-state index contributed by atoms with van der Waals surface area (Å²) < 4.78 is 1.76. The van der Waals surface area contributed by atoms with Crippen LogP contribution in [0.3, 0.4) is 0 Å². The fourth-order valence-electron chi connectivity index (χ4n) is 2.04. The number of para-hydroxylation sites is 1. The van der Waals surface area contributed by atoms with E-state index in [1.165, 1.54) is 0 Å². The van der Waals surface area contributed by atoms with Gasteiger partial charge in [-0.2, -0.15) is 0 Å². The zero-order valence-electron chi connectivity index (χ0n) is 10.8. The largest absolute Gasteiger partial charge is 0.326 e. The molecule has 0 amide bonds. The topological polar surface area (TPSA) is 48.0 Å². The molecule has 0 fully saturated rings. The molecular weight excluding hydrogens is 224 g/mol. The average molecular weight is 242 g/mol. The highest BCUT2D eigenvalue weighted by Gasteiger charge is 2.11. The summed E-state index contributed by atoms with van der Waals surface area (Å²) >= 11 is 0. The fourth-order valence-corrected chi connectivity index (χ4v) is 2.04. The first-order chi connectivity index (χ1) is 8.65. The van der Waals surface area contributed by atoms with E-state index >= 15 is 0 Å². The number of nitrogens with zero attached hydrogens (tertiary/aromatic N) is 1. The molecule has 0 unspecified atom stereocenters. The van der Waals surface area contributed by atoms with Gasteiger partial charge in [0.25, 0.3) is 5.56 Å². The van der Waals surface area contributed by atoms with E-state index in [9.17, 15) is 4.79 Å². The highest BCUT2D eigenvalue weighted by Crippen LogP contribution is 2.17. The Bertz CT molecular complexity index is 585. The summed E-state index contributed by atoms with van der Waals surface area (Å²) in [6.45, 7) is 4.43. The van der Waals surface area contributed by atoms with Gasteiger partial charge in [0.05, 0.1) is 0 Å². The Balaban J connectivity index is 2.74. The predicted molar refractivity (Wildman–Crippen MR) is 74.0 cm³/mol. The molecular formula is C15H18N2O. The molecule has 1 aromatic carbocycles. The molecule has 0 atom stereocenters. The van der Waals surface area contributed by atoms with E-state index in [1.54, 1.807) is 4.57 Å². The lowest BCUT2D eigenvalue weighted by molar-refractivity contribution is 0.749. The molecule has 0 saturated heterocycles. The number of aromatic nitrogens is 1. The number of benzene rings is 1. The van der Waals surface area contributed by atoms with Gasteiger partial charge in [-0.05, 0) is 24.1 Å². The Labute approximate surface area is 107 Å². The van der Waals surface area contributed by atoms with Crippen LogP contribution in [-0.4, -0.2) is 4.57 Å². The van der Waals surface area contributed by atoms with Crippen LogP contribution in [0.5, 0.6) is 0 Å². The summed E-state index contributed by atoms with van der Waals surface area (Å²) in [5.41, 5.74) is 8.13. The molecule has 3 nitrogen and oxygen atoms in total. The molecule has 1 heterocycles. The lowest BCUT2D eigenvalue weighted by Crippen LogP contribution is -2.27. The maximum Gasteiger partial charge on any atom is 0.259 e. The molecule has 18 heavy (non-hydrogen) atoms. The summed E-state index contributed by atoms with van der Waals surface area (Å²) in [5, 5.41) is 0. The van der Waals surface area contributed by atoms with Crippen molar-refractivity contribution in [2.24, 2.45) is 5.73 Å². The summed E-state index contributed by atoms with van der Waals surface area (Å²) in [6, 6.07) is 13.5. The lowest BCUT2D eigenvalue weighted by Gasteiger charge is -2.16. The minimum atomic E-state index is -0.0186. The van der Waals surface area contributed by atoms with Crippen molar-refractivity contribution in [3.8, 4) is 5.69 Å². The van der Waals surface area contributed by atoms with Gasteiger partial charge in [-0.15, -0.1) is 0 Å². The van der Waals surface area contributed by atoms with E-state index in [2.05, 4.69) is 13.8 Å². The van der Waals surface area contributed by atoms with Gasteiger partial charge in [0.1, 0.15) is 0 Å². The van der Waals surface area contributed by atoms with Gasteiger partial charge < -0.3 is 5.73 Å². The zero-order valence-corrected chi connectivity index (χ0v) is 10.8. The molecule has 2 rings (SSSR count). The number of pyridine rings is 1. The molecule has 0 aliphatic carbocycles. The van der Waals surface area contributed by atoms with Crippen LogP contribution < -0.4 is 11.3 Å². The van der Waals surface area contributed by atoms with Crippen molar-refractivity contribution in [1.29, 1.82) is 0 Å². The van der Waals surface area contributed by atoms with E-state index in [-0.39, 0.29) is 18.0 Å². The van der Waals surface area contributed by atoms with Gasteiger partial charge >= 0.3 is 0 Å². The smallest absolute Gasteiger partial charge is 0.259 e. The molecule has 0 saturated carbocycles. The molecule has 94 valence electrons. The quantitative estimate of drug-likeness (QED) is 0.898. The fraction of sp³-hybridized carbons (Fsp3) is 0.267. The predicted octanol–water partition coefficient (Wildman–Crippen LogP) is 2.42. The third-order valence-corrected chi connectivity index (χ3v) is 3.02. The molecule has 0 spiro atoms. The highest BCUT2D eigenvalue weighted by molar-refractivity contribution is 5.36. The maximum absolute atomic E-state index is 12.4. The second-order valence-electron chi connectivity index (χ2n) is 4.62. The van der Waals surface area contributed by atoms with Gasteiger partial charge in [-0.1, -0.05) is 38.1 Å². The Morgan fingerprint density at radius 3 is 2.33 bits per heavy atom. The van der Waals surface area contributed by atoms with Crippen molar-refractivity contribution in [3.63, 3.8) is 0 Å². The van der Waals surface area contributed by atoms with E-state index in [0.29, 0.717) is 5.56 Å².